The van der Waals surface area contributed by atoms with Crippen LogP contribution in [0.4, 0.5) is 0 Å². The van der Waals surface area contributed by atoms with Gasteiger partial charge in [-0.25, -0.2) is 9.98 Å². The smallest absolute Gasteiger partial charge is 0.160 e. The number of aliphatic imine (C=N–C) groups is 2. The normalized spacial score (nSPS) is 14.6. The van der Waals surface area contributed by atoms with E-state index < -0.39 is 0 Å². The van der Waals surface area contributed by atoms with Gasteiger partial charge in [0.15, 0.2) is 5.84 Å². The molecule has 248 valence electrons. The average molecular weight is 678 g/mol. The standard InChI is InChI=1S/C49H31N3O/c1-2-13-31(14-3-1)47-50-48(34-23-22-30-12-4-5-15-32(30)28-34)52-49(51-47)42-27-26-35(46-45(42)41-20-10-11-21-44(41)53-46)33-24-25-40-38-18-7-6-16-36(38)37-17-8-9-19-39(37)43(40)29-33/h1-29,48H,(H,50,51,52). The number of fused-ring (bicyclic) bond motifs is 10. The Morgan fingerprint density at radius 3 is 1.85 bits per heavy atom. The van der Waals surface area contributed by atoms with E-state index in [-0.39, 0.29) is 6.17 Å². The van der Waals surface area contributed by atoms with Crippen LogP contribution in [0.3, 0.4) is 0 Å². The number of para-hydroxylation sites is 1. The molecular weight excluding hydrogens is 647 g/mol. The lowest BCUT2D eigenvalue weighted by atomic mass is 9.91. The Balaban J connectivity index is 1.14. The first kappa shape index (κ1) is 29.7. The number of hydrogen-bond donors (Lipinski definition) is 1. The van der Waals surface area contributed by atoms with Crippen LogP contribution in [0.1, 0.15) is 22.9 Å². The number of furan rings is 1. The van der Waals surface area contributed by atoms with Gasteiger partial charge in [-0.2, -0.15) is 0 Å². The number of nitrogens with zero attached hydrogens (tertiary/aromatic N) is 2. The molecule has 0 spiro atoms. The Morgan fingerprint density at radius 1 is 0.453 bits per heavy atom. The van der Waals surface area contributed by atoms with E-state index in [2.05, 4.69) is 151 Å². The van der Waals surface area contributed by atoms with Crippen LogP contribution in [0.15, 0.2) is 190 Å². The molecular formula is C49H31N3O. The van der Waals surface area contributed by atoms with Crippen LogP contribution in [-0.2, 0) is 0 Å². The zero-order valence-electron chi connectivity index (χ0n) is 28.6. The van der Waals surface area contributed by atoms with Crippen LogP contribution in [0.25, 0.3) is 76.2 Å². The van der Waals surface area contributed by atoms with E-state index >= 15 is 0 Å². The highest BCUT2D eigenvalue weighted by Crippen LogP contribution is 2.42. The van der Waals surface area contributed by atoms with Gasteiger partial charge in [0.1, 0.15) is 23.2 Å². The van der Waals surface area contributed by atoms with Crippen LogP contribution in [0.2, 0.25) is 0 Å². The molecule has 0 amide bonds. The molecule has 0 radical (unpaired) electrons. The summed E-state index contributed by atoms with van der Waals surface area (Å²) in [7, 11) is 0. The molecule has 1 aliphatic heterocycles. The summed E-state index contributed by atoms with van der Waals surface area (Å²) in [5.74, 6) is 1.45. The molecule has 9 aromatic carbocycles. The first-order valence-electron chi connectivity index (χ1n) is 18.0. The molecule has 0 fully saturated rings. The predicted molar refractivity (Wildman–Crippen MR) is 221 cm³/mol. The Hall–Kier alpha value is -7.04. The van der Waals surface area contributed by atoms with Crippen molar-refractivity contribution in [3.8, 4) is 11.1 Å². The summed E-state index contributed by atoms with van der Waals surface area (Å²) in [5.41, 5.74) is 6.81. The molecule has 11 rings (SSSR count). The Kier molecular flexibility index (Phi) is 6.58. The number of amidine groups is 2. The molecule has 53 heavy (non-hydrogen) atoms. The monoisotopic (exact) mass is 677 g/mol. The Labute approximate surface area is 305 Å². The van der Waals surface area contributed by atoms with Crippen LogP contribution >= 0.6 is 0 Å². The summed E-state index contributed by atoms with van der Waals surface area (Å²) in [6, 6.07) is 62.2. The van der Waals surface area contributed by atoms with Crippen molar-refractivity contribution in [2.75, 3.05) is 0 Å². The first-order chi connectivity index (χ1) is 26.3. The topological polar surface area (TPSA) is 49.9 Å². The fraction of sp³-hybridized carbons (Fsp3) is 0.0204. The summed E-state index contributed by atoms with van der Waals surface area (Å²) in [6.07, 6.45) is -0.334. The van der Waals surface area contributed by atoms with Crippen LogP contribution < -0.4 is 5.32 Å². The molecule has 1 unspecified atom stereocenters. The van der Waals surface area contributed by atoms with Gasteiger partial charge in [0.2, 0.25) is 0 Å². The van der Waals surface area contributed by atoms with Gasteiger partial charge in [0.05, 0.1) is 0 Å². The summed E-state index contributed by atoms with van der Waals surface area (Å²) in [4.78, 5) is 10.5. The fourth-order valence-corrected chi connectivity index (χ4v) is 8.18. The van der Waals surface area contributed by atoms with Crippen LogP contribution in [0, 0.1) is 0 Å². The molecule has 10 aromatic rings. The molecule has 0 saturated heterocycles. The lowest BCUT2D eigenvalue weighted by molar-refractivity contribution is 0.669. The highest BCUT2D eigenvalue weighted by atomic mass is 16.3. The summed E-state index contributed by atoms with van der Waals surface area (Å²) in [5, 5.41) is 15.6. The second-order valence-electron chi connectivity index (χ2n) is 13.7. The second-order valence-corrected chi connectivity index (χ2v) is 13.7. The molecule has 4 heteroatoms. The van der Waals surface area contributed by atoms with Crippen molar-refractivity contribution in [1.29, 1.82) is 0 Å². The van der Waals surface area contributed by atoms with Gasteiger partial charge in [0, 0.05) is 27.5 Å². The van der Waals surface area contributed by atoms with Gasteiger partial charge in [-0.05, 0) is 84.5 Å². The Morgan fingerprint density at radius 2 is 1.08 bits per heavy atom. The van der Waals surface area contributed by atoms with Gasteiger partial charge in [-0.3, -0.25) is 0 Å². The lowest BCUT2D eigenvalue weighted by Crippen LogP contribution is -2.33. The van der Waals surface area contributed by atoms with Crippen molar-refractivity contribution < 1.29 is 4.42 Å². The Bertz CT molecular complexity index is 3120. The lowest BCUT2D eigenvalue weighted by Gasteiger charge is -2.24. The maximum Gasteiger partial charge on any atom is 0.160 e. The predicted octanol–water partition coefficient (Wildman–Crippen LogP) is 12.4. The maximum absolute atomic E-state index is 6.79. The minimum Gasteiger partial charge on any atom is -0.455 e. The minimum absolute atomic E-state index is 0.334. The SMILES string of the molecule is c1ccc(C2=NC(c3ccc(-c4ccc5c6ccccc6c6ccccc6c5c4)c4oc5ccccc5c34)=NC(c3ccc4ccccc4c3)N2)cc1. The van der Waals surface area contributed by atoms with Gasteiger partial charge in [0.25, 0.3) is 0 Å². The number of hydrogen-bond acceptors (Lipinski definition) is 4. The van der Waals surface area contributed by atoms with E-state index in [1.54, 1.807) is 0 Å². The largest absolute Gasteiger partial charge is 0.455 e. The van der Waals surface area contributed by atoms with E-state index in [0.29, 0.717) is 5.84 Å². The molecule has 1 aliphatic rings. The molecule has 2 heterocycles. The van der Waals surface area contributed by atoms with Crippen molar-refractivity contribution in [3.63, 3.8) is 0 Å². The second kappa shape index (κ2) is 11.8. The summed E-state index contributed by atoms with van der Waals surface area (Å²) >= 11 is 0. The molecule has 1 atom stereocenters. The van der Waals surface area contributed by atoms with E-state index in [0.717, 1.165) is 55.6 Å². The molecule has 1 N–H and O–H groups in total. The van der Waals surface area contributed by atoms with E-state index in [1.165, 1.54) is 43.1 Å². The first-order valence-corrected chi connectivity index (χ1v) is 18.0. The van der Waals surface area contributed by atoms with Crippen molar-refractivity contribution in [2.45, 2.75) is 6.17 Å². The third kappa shape index (κ3) is 4.77. The van der Waals surface area contributed by atoms with Gasteiger partial charge < -0.3 is 9.73 Å². The van der Waals surface area contributed by atoms with Gasteiger partial charge in [-0.1, -0.05) is 146 Å². The zero-order chi connectivity index (χ0) is 34.9. The van der Waals surface area contributed by atoms with Crippen molar-refractivity contribution in [2.24, 2.45) is 9.98 Å². The van der Waals surface area contributed by atoms with E-state index in [9.17, 15) is 0 Å². The molecule has 0 saturated carbocycles. The maximum atomic E-state index is 6.79. The van der Waals surface area contributed by atoms with Crippen LogP contribution in [0.5, 0.6) is 0 Å². The van der Waals surface area contributed by atoms with Gasteiger partial charge in [-0.15, -0.1) is 0 Å². The minimum atomic E-state index is -0.334. The molecule has 4 nitrogen and oxygen atoms in total. The molecule has 1 aromatic heterocycles. The van der Waals surface area contributed by atoms with Crippen molar-refractivity contribution in [3.05, 3.63) is 193 Å². The number of nitrogens with one attached hydrogen (secondary N) is 1. The molecule has 0 aliphatic carbocycles. The van der Waals surface area contributed by atoms with Gasteiger partial charge >= 0.3 is 0 Å². The number of benzene rings is 9. The van der Waals surface area contributed by atoms with Crippen LogP contribution in [-0.4, -0.2) is 11.7 Å². The highest BCUT2D eigenvalue weighted by Gasteiger charge is 2.25. The summed E-state index contributed by atoms with van der Waals surface area (Å²) in [6.45, 7) is 0. The summed E-state index contributed by atoms with van der Waals surface area (Å²) < 4.78 is 6.79. The highest BCUT2D eigenvalue weighted by molar-refractivity contribution is 6.27. The zero-order valence-corrected chi connectivity index (χ0v) is 28.6. The third-order valence-corrected chi connectivity index (χ3v) is 10.7. The van der Waals surface area contributed by atoms with E-state index in [4.69, 9.17) is 14.4 Å². The average Bonchev–Trinajstić information content (AvgIpc) is 3.63. The van der Waals surface area contributed by atoms with Crippen molar-refractivity contribution >= 4 is 76.7 Å². The van der Waals surface area contributed by atoms with E-state index in [1.807, 2.05) is 30.3 Å². The van der Waals surface area contributed by atoms with Crippen molar-refractivity contribution in [1.82, 2.24) is 5.32 Å². The fourth-order valence-electron chi connectivity index (χ4n) is 8.18. The number of rotatable bonds is 4. The third-order valence-electron chi connectivity index (χ3n) is 10.7. The quantitative estimate of drug-likeness (QED) is 0.189. The molecule has 0 bridgehead atoms.